The summed E-state index contributed by atoms with van der Waals surface area (Å²) in [7, 11) is -3.48. The van der Waals surface area contributed by atoms with E-state index in [1.807, 2.05) is 30.6 Å². The van der Waals surface area contributed by atoms with Crippen LogP contribution in [0.1, 0.15) is 31.2 Å². The molecule has 9 heteroatoms. The zero-order chi connectivity index (χ0) is 22.5. The Labute approximate surface area is 192 Å². The highest BCUT2D eigenvalue weighted by molar-refractivity contribution is 7.91. The maximum Gasteiger partial charge on any atom is 0.252 e. The van der Waals surface area contributed by atoms with Gasteiger partial charge >= 0.3 is 0 Å². The van der Waals surface area contributed by atoms with Crippen LogP contribution in [-0.4, -0.2) is 53.4 Å². The van der Waals surface area contributed by atoms with Crippen LogP contribution < -0.4 is 0 Å². The quantitative estimate of drug-likeness (QED) is 0.572. The van der Waals surface area contributed by atoms with Crippen LogP contribution in [0.3, 0.4) is 0 Å². The highest BCUT2D eigenvalue weighted by atomic mass is 32.2. The number of benzene rings is 1. The zero-order valence-electron chi connectivity index (χ0n) is 18.3. The molecule has 2 aliphatic rings. The molecule has 0 N–H and O–H groups in total. The summed E-state index contributed by atoms with van der Waals surface area (Å²) in [4.78, 5) is 7.26. The number of thiophene rings is 1. The Morgan fingerprint density at radius 3 is 2.59 bits per heavy atom. The number of piperidine rings is 1. The molecule has 0 saturated carbocycles. The second kappa shape index (κ2) is 8.06. The van der Waals surface area contributed by atoms with Gasteiger partial charge < -0.3 is 4.57 Å². The number of rotatable bonds is 4. The molecule has 1 aromatic carbocycles. The number of hydrogen-bond acceptors (Lipinski definition) is 5. The number of likely N-dealkylation sites (N-methyl/N-ethyl adjacent to an activating group) is 1. The Kier molecular flexibility index (Phi) is 5.48. The maximum atomic E-state index is 13.9. The fraction of sp³-hybridized carbons (Fsp3) is 0.435. The van der Waals surface area contributed by atoms with Crippen LogP contribution >= 0.6 is 11.3 Å². The van der Waals surface area contributed by atoms with Gasteiger partial charge in [0, 0.05) is 31.7 Å². The molecule has 5 rings (SSSR count). The van der Waals surface area contributed by atoms with Gasteiger partial charge in [0.05, 0.1) is 17.4 Å². The van der Waals surface area contributed by atoms with E-state index in [9.17, 15) is 12.8 Å². The molecule has 1 saturated heterocycles. The lowest BCUT2D eigenvalue weighted by Crippen LogP contribution is -2.58. The number of hydrogen-bond donors (Lipinski definition) is 0. The Hall–Kier alpha value is -2.07. The van der Waals surface area contributed by atoms with Gasteiger partial charge in [0.15, 0.2) is 0 Å². The number of fused-ring (bicyclic) bond motifs is 2. The van der Waals surface area contributed by atoms with Crippen molar-refractivity contribution >= 4 is 21.4 Å². The maximum absolute atomic E-state index is 13.9. The smallest absolute Gasteiger partial charge is 0.252 e. The zero-order valence-corrected chi connectivity index (χ0v) is 19.9. The summed E-state index contributed by atoms with van der Waals surface area (Å²) in [6.45, 7) is 7.42. The Balaban J connectivity index is 1.48. The Morgan fingerprint density at radius 1 is 1.16 bits per heavy atom. The molecule has 170 valence electrons. The summed E-state index contributed by atoms with van der Waals surface area (Å²) in [6.07, 6.45) is 3.21. The minimum Gasteiger partial charge on any atom is -0.325 e. The van der Waals surface area contributed by atoms with E-state index in [-0.39, 0.29) is 11.4 Å². The Bertz CT molecular complexity index is 1240. The number of imidazole rings is 1. The number of aryl methyl sites for hydroxylation is 1. The van der Waals surface area contributed by atoms with Gasteiger partial charge in [-0.15, -0.1) is 11.3 Å². The lowest BCUT2D eigenvalue weighted by molar-refractivity contribution is 0.0101. The lowest BCUT2D eigenvalue weighted by Gasteiger charge is -2.50. The normalized spacial score (nSPS) is 19.3. The molecule has 2 aliphatic heterocycles. The third kappa shape index (κ3) is 3.34. The molecule has 0 radical (unpaired) electrons. The van der Waals surface area contributed by atoms with Crippen molar-refractivity contribution < 1.29 is 12.8 Å². The third-order valence-electron chi connectivity index (χ3n) is 6.91. The predicted molar refractivity (Wildman–Crippen MR) is 124 cm³/mol. The van der Waals surface area contributed by atoms with Crippen molar-refractivity contribution in [2.75, 3.05) is 26.2 Å². The SMILES string of the molecule is CCN1CCn2c(-c3cccc(F)c3)cnc2C12CCN(S(=O)(=O)c1sccc1C)CC2. The van der Waals surface area contributed by atoms with Gasteiger partial charge in [-0.05, 0) is 55.5 Å². The van der Waals surface area contributed by atoms with Crippen LogP contribution in [0.15, 0.2) is 46.1 Å². The van der Waals surface area contributed by atoms with Gasteiger partial charge in [0.1, 0.15) is 15.9 Å². The van der Waals surface area contributed by atoms with Crippen molar-refractivity contribution in [3.8, 4) is 11.3 Å². The van der Waals surface area contributed by atoms with Crippen LogP contribution in [0, 0.1) is 12.7 Å². The highest BCUT2D eigenvalue weighted by Crippen LogP contribution is 2.43. The second-order valence-electron chi connectivity index (χ2n) is 8.54. The van der Waals surface area contributed by atoms with Gasteiger partial charge in [-0.3, -0.25) is 4.90 Å². The monoisotopic (exact) mass is 474 g/mol. The van der Waals surface area contributed by atoms with E-state index in [4.69, 9.17) is 4.98 Å². The van der Waals surface area contributed by atoms with Crippen molar-refractivity contribution in [1.29, 1.82) is 0 Å². The molecule has 0 bridgehead atoms. The largest absolute Gasteiger partial charge is 0.325 e. The molecule has 0 amide bonds. The fourth-order valence-corrected chi connectivity index (χ4v) is 8.26. The molecular formula is C23H27FN4O2S2. The van der Waals surface area contributed by atoms with E-state index in [0.717, 1.165) is 42.3 Å². The van der Waals surface area contributed by atoms with Crippen molar-refractivity contribution in [2.45, 2.75) is 43.0 Å². The standard InChI is InChI=1S/C23H27FN4O2S2/c1-3-26-12-13-28-20(18-5-4-6-19(24)15-18)16-25-22(28)23(26)8-10-27(11-9-23)32(29,30)21-17(2)7-14-31-21/h4-7,14-16H,3,8-13H2,1-2H3. The molecule has 1 spiro atoms. The lowest BCUT2D eigenvalue weighted by atomic mass is 9.84. The molecule has 0 unspecified atom stereocenters. The van der Waals surface area contributed by atoms with E-state index in [1.165, 1.54) is 17.4 Å². The molecule has 0 aliphatic carbocycles. The van der Waals surface area contributed by atoms with Crippen LogP contribution in [0.4, 0.5) is 4.39 Å². The first kappa shape index (κ1) is 21.8. The number of nitrogens with zero attached hydrogens (tertiary/aromatic N) is 4. The van der Waals surface area contributed by atoms with Crippen molar-refractivity contribution in [2.24, 2.45) is 0 Å². The summed E-state index contributed by atoms with van der Waals surface area (Å²) >= 11 is 1.29. The number of sulfonamides is 1. The molecule has 1 fully saturated rings. The third-order valence-corrected chi connectivity index (χ3v) is 10.5. The summed E-state index contributed by atoms with van der Waals surface area (Å²) < 4.78 is 44.6. The number of halogens is 1. The van der Waals surface area contributed by atoms with Gasteiger partial charge in [-0.1, -0.05) is 19.1 Å². The molecule has 0 atom stereocenters. The van der Waals surface area contributed by atoms with E-state index < -0.39 is 10.0 Å². The van der Waals surface area contributed by atoms with Crippen LogP contribution in [0.5, 0.6) is 0 Å². The summed E-state index contributed by atoms with van der Waals surface area (Å²) in [5, 5.41) is 1.83. The molecule has 2 aromatic heterocycles. The highest BCUT2D eigenvalue weighted by Gasteiger charge is 2.48. The molecule has 4 heterocycles. The minimum atomic E-state index is -3.48. The van der Waals surface area contributed by atoms with Gasteiger partial charge in [-0.25, -0.2) is 17.8 Å². The van der Waals surface area contributed by atoms with Crippen LogP contribution in [-0.2, 0) is 22.1 Å². The first-order chi connectivity index (χ1) is 15.4. The second-order valence-corrected chi connectivity index (χ2v) is 11.6. The van der Waals surface area contributed by atoms with Crippen LogP contribution in [0.2, 0.25) is 0 Å². The van der Waals surface area contributed by atoms with Crippen molar-refractivity contribution in [1.82, 2.24) is 18.8 Å². The van der Waals surface area contributed by atoms with E-state index in [2.05, 4.69) is 16.4 Å². The summed E-state index contributed by atoms with van der Waals surface area (Å²) in [5.41, 5.74) is 2.23. The Morgan fingerprint density at radius 2 is 1.94 bits per heavy atom. The van der Waals surface area contributed by atoms with E-state index in [0.29, 0.717) is 30.1 Å². The van der Waals surface area contributed by atoms with Gasteiger partial charge in [0.25, 0.3) is 10.0 Å². The van der Waals surface area contributed by atoms with Crippen molar-refractivity contribution in [3.05, 3.63) is 59.1 Å². The van der Waals surface area contributed by atoms with Crippen molar-refractivity contribution in [3.63, 3.8) is 0 Å². The summed E-state index contributed by atoms with van der Waals surface area (Å²) in [6, 6.07) is 8.47. The predicted octanol–water partition coefficient (Wildman–Crippen LogP) is 4.07. The van der Waals surface area contributed by atoms with Crippen LogP contribution in [0.25, 0.3) is 11.3 Å². The first-order valence-electron chi connectivity index (χ1n) is 11.0. The van der Waals surface area contributed by atoms with Gasteiger partial charge in [-0.2, -0.15) is 4.31 Å². The molecule has 6 nitrogen and oxygen atoms in total. The van der Waals surface area contributed by atoms with Gasteiger partial charge in [0.2, 0.25) is 0 Å². The topological polar surface area (TPSA) is 58.4 Å². The molecule has 3 aromatic rings. The average molecular weight is 475 g/mol. The first-order valence-corrected chi connectivity index (χ1v) is 13.3. The fourth-order valence-electron chi connectivity index (χ4n) is 5.27. The van der Waals surface area contributed by atoms with E-state index in [1.54, 1.807) is 16.4 Å². The average Bonchev–Trinajstić information content (AvgIpc) is 3.42. The molecular weight excluding hydrogens is 447 g/mol. The number of aromatic nitrogens is 2. The molecule has 32 heavy (non-hydrogen) atoms. The summed E-state index contributed by atoms with van der Waals surface area (Å²) in [5.74, 6) is 0.704. The minimum absolute atomic E-state index is 0.263. The van der Waals surface area contributed by atoms with E-state index >= 15 is 0 Å².